The van der Waals surface area contributed by atoms with Crippen LogP contribution in [0.2, 0.25) is 0 Å². The van der Waals surface area contributed by atoms with E-state index < -0.39 is 0 Å². The van der Waals surface area contributed by atoms with E-state index in [-0.39, 0.29) is 0 Å². The summed E-state index contributed by atoms with van der Waals surface area (Å²) in [6.45, 7) is 0.341. The lowest BCUT2D eigenvalue weighted by Crippen LogP contribution is -2.01. The SMILES string of the molecule is O=Cc1ccncc1OCc1cccn2ccnc12. The van der Waals surface area contributed by atoms with Crippen LogP contribution >= 0.6 is 0 Å². The molecule has 0 N–H and O–H groups in total. The van der Waals surface area contributed by atoms with Gasteiger partial charge in [-0.3, -0.25) is 9.78 Å². The number of imidazole rings is 1. The highest BCUT2D eigenvalue weighted by Crippen LogP contribution is 2.17. The molecule has 0 saturated carbocycles. The van der Waals surface area contributed by atoms with E-state index in [0.717, 1.165) is 17.5 Å². The number of rotatable bonds is 4. The molecular formula is C14H11N3O2. The van der Waals surface area contributed by atoms with Crippen molar-refractivity contribution in [1.29, 1.82) is 0 Å². The van der Waals surface area contributed by atoms with Gasteiger partial charge in [0.15, 0.2) is 6.29 Å². The minimum atomic E-state index is 0.341. The van der Waals surface area contributed by atoms with Gasteiger partial charge in [0.05, 0.1) is 11.8 Å². The standard InChI is InChI=1S/C14H11N3O2/c18-9-11-3-4-15-8-13(11)19-10-12-2-1-6-17-7-5-16-14(12)17/h1-9H,10H2. The summed E-state index contributed by atoms with van der Waals surface area (Å²) in [5.41, 5.74) is 2.29. The summed E-state index contributed by atoms with van der Waals surface area (Å²) < 4.78 is 7.56. The van der Waals surface area contributed by atoms with Crippen LogP contribution in [0.25, 0.3) is 5.65 Å². The molecule has 0 aliphatic rings. The third-order valence-corrected chi connectivity index (χ3v) is 2.83. The van der Waals surface area contributed by atoms with Gasteiger partial charge in [0, 0.05) is 30.4 Å². The molecule has 19 heavy (non-hydrogen) atoms. The maximum Gasteiger partial charge on any atom is 0.153 e. The van der Waals surface area contributed by atoms with Crippen LogP contribution in [0, 0.1) is 0 Å². The molecule has 0 atom stereocenters. The van der Waals surface area contributed by atoms with E-state index in [1.54, 1.807) is 18.5 Å². The predicted octanol–water partition coefficient (Wildman–Crippen LogP) is 2.12. The lowest BCUT2D eigenvalue weighted by Gasteiger charge is -2.08. The highest BCUT2D eigenvalue weighted by molar-refractivity contribution is 5.78. The molecule has 0 bridgehead atoms. The molecule has 0 fully saturated rings. The number of nitrogens with zero attached hydrogens (tertiary/aromatic N) is 3. The van der Waals surface area contributed by atoms with Crippen LogP contribution in [0.5, 0.6) is 5.75 Å². The van der Waals surface area contributed by atoms with Crippen LogP contribution in [0.15, 0.2) is 49.2 Å². The molecule has 3 rings (SSSR count). The lowest BCUT2D eigenvalue weighted by molar-refractivity contribution is 0.111. The first-order valence-corrected chi connectivity index (χ1v) is 5.81. The summed E-state index contributed by atoms with van der Waals surface area (Å²) in [5.74, 6) is 0.478. The zero-order valence-electron chi connectivity index (χ0n) is 10.1. The van der Waals surface area contributed by atoms with Crippen molar-refractivity contribution in [3.63, 3.8) is 0 Å². The van der Waals surface area contributed by atoms with Crippen molar-refractivity contribution in [2.75, 3.05) is 0 Å². The molecule has 0 saturated heterocycles. The Morgan fingerprint density at radius 3 is 3.11 bits per heavy atom. The van der Waals surface area contributed by atoms with Gasteiger partial charge in [0.2, 0.25) is 0 Å². The van der Waals surface area contributed by atoms with Crippen molar-refractivity contribution < 1.29 is 9.53 Å². The monoisotopic (exact) mass is 253 g/mol. The van der Waals surface area contributed by atoms with E-state index in [1.165, 1.54) is 6.20 Å². The third kappa shape index (κ3) is 2.18. The fraction of sp³-hybridized carbons (Fsp3) is 0.0714. The number of hydrogen-bond donors (Lipinski definition) is 0. The Kier molecular flexibility index (Phi) is 2.94. The fourth-order valence-corrected chi connectivity index (χ4v) is 1.89. The van der Waals surface area contributed by atoms with Crippen molar-refractivity contribution in [1.82, 2.24) is 14.4 Å². The number of carbonyl (C=O) groups excluding carboxylic acids is 1. The second-order valence-corrected chi connectivity index (χ2v) is 4.01. The first-order chi connectivity index (χ1) is 9.38. The molecule has 0 unspecified atom stereocenters. The highest BCUT2D eigenvalue weighted by atomic mass is 16.5. The number of aromatic nitrogens is 3. The average molecular weight is 253 g/mol. The molecule has 5 nitrogen and oxygen atoms in total. The van der Waals surface area contributed by atoms with Gasteiger partial charge >= 0.3 is 0 Å². The summed E-state index contributed by atoms with van der Waals surface area (Å²) >= 11 is 0. The minimum Gasteiger partial charge on any atom is -0.486 e. The Hall–Kier alpha value is -2.69. The van der Waals surface area contributed by atoms with Crippen LogP contribution in [-0.2, 0) is 6.61 Å². The van der Waals surface area contributed by atoms with Crippen molar-refractivity contribution in [2.24, 2.45) is 0 Å². The molecule has 3 heterocycles. The van der Waals surface area contributed by atoms with E-state index in [9.17, 15) is 4.79 Å². The van der Waals surface area contributed by atoms with E-state index in [0.29, 0.717) is 17.9 Å². The Labute approximate surface area is 109 Å². The number of hydrogen-bond acceptors (Lipinski definition) is 4. The Balaban J connectivity index is 1.86. The predicted molar refractivity (Wildman–Crippen MR) is 69.1 cm³/mol. The first kappa shape index (κ1) is 11.4. The molecule has 3 aromatic rings. The molecule has 0 amide bonds. The number of pyridine rings is 2. The van der Waals surface area contributed by atoms with Gasteiger partial charge in [-0.15, -0.1) is 0 Å². The number of ether oxygens (including phenoxy) is 1. The van der Waals surface area contributed by atoms with E-state index in [2.05, 4.69) is 9.97 Å². The minimum absolute atomic E-state index is 0.341. The van der Waals surface area contributed by atoms with Gasteiger partial charge in [-0.1, -0.05) is 6.07 Å². The molecule has 0 spiro atoms. The topological polar surface area (TPSA) is 56.5 Å². The maximum atomic E-state index is 10.9. The zero-order valence-corrected chi connectivity index (χ0v) is 10.1. The van der Waals surface area contributed by atoms with Crippen molar-refractivity contribution in [3.05, 3.63) is 60.3 Å². The normalized spacial score (nSPS) is 10.5. The largest absolute Gasteiger partial charge is 0.486 e. The van der Waals surface area contributed by atoms with E-state index >= 15 is 0 Å². The number of fused-ring (bicyclic) bond motifs is 1. The van der Waals surface area contributed by atoms with Crippen molar-refractivity contribution in [2.45, 2.75) is 6.61 Å². The highest BCUT2D eigenvalue weighted by Gasteiger charge is 2.06. The summed E-state index contributed by atoms with van der Waals surface area (Å²) in [5, 5.41) is 0. The van der Waals surface area contributed by atoms with Crippen LogP contribution in [-0.4, -0.2) is 20.7 Å². The third-order valence-electron chi connectivity index (χ3n) is 2.83. The molecule has 0 aliphatic carbocycles. The summed E-state index contributed by atoms with van der Waals surface area (Å²) in [6.07, 6.45) is 9.39. The molecule has 3 aromatic heterocycles. The average Bonchev–Trinajstić information content (AvgIpc) is 2.94. The molecular weight excluding hydrogens is 242 g/mol. The molecule has 0 aromatic carbocycles. The second kappa shape index (κ2) is 4.89. The van der Waals surface area contributed by atoms with Gasteiger partial charge in [0.1, 0.15) is 18.0 Å². The number of carbonyl (C=O) groups is 1. The maximum absolute atomic E-state index is 10.9. The summed E-state index contributed by atoms with van der Waals surface area (Å²) in [4.78, 5) is 19.1. The van der Waals surface area contributed by atoms with Crippen molar-refractivity contribution >= 4 is 11.9 Å². The van der Waals surface area contributed by atoms with Gasteiger partial charge in [-0.25, -0.2) is 4.98 Å². The second-order valence-electron chi connectivity index (χ2n) is 4.01. The molecule has 5 heteroatoms. The number of aldehydes is 1. The zero-order chi connectivity index (χ0) is 13.1. The lowest BCUT2D eigenvalue weighted by atomic mass is 10.2. The van der Waals surface area contributed by atoms with Gasteiger partial charge in [0.25, 0.3) is 0 Å². The van der Waals surface area contributed by atoms with Crippen molar-refractivity contribution in [3.8, 4) is 5.75 Å². The van der Waals surface area contributed by atoms with Crippen LogP contribution in [0.3, 0.4) is 0 Å². The van der Waals surface area contributed by atoms with Crippen LogP contribution in [0.1, 0.15) is 15.9 Å². The quantitative estimate of drug-likeness (QED) is 0.668. The Morgan fingerprint density at radius 1 is 1.26 bits per heavy atom. The molecule has 94 valence electrons. The molecule has 0 aliphatic heterocycles. The Bertz CT molecular complexity index is 721. The summed E-state index contributed by atoms with van der Waals surface area (Å²) in [6, 6.07) is 5.50. The van der Waals surface area contributed by atoms with Crippen LogP contribution < -0.4 is 4.74 Å². The smallest absolute Gasteiger partial charge is 0.153 e. The van der Waals surface area contributed by atoms with E-state index in [1.807, 2.05) is 28.9 Å². The van der Waals surface area contributed by atoms with E-state index in [4.69, 9.17) is 4.74 Å². The fourth-order valence-electron chi connectivity index (χ4n) is 1.89. The summed E-state index contributed by atoms with van der Waals surface area (Å²) in [7, 11) is 0. The van der Waals surface area contributed by atoms with Gasteiger partial charge in [-0.05, 0) is 12.1 Å². The molecule has 0 radical (unpaired) electrons. The first-order valence-electron chi connectivity index (χ1n) is 5.81. The van der Waals surface area contributed by atoms with Crippen LogP contribution in [0.4, 0.5) is 0 Å². The van der Waals surface area contributed by atoms with Gasteiger partial charge < -0.3 is 9.14 Å². The van der Waals surface area contributed by atoms with Gasteiger partial charge in [-0.2, -0.15) is 0 Å². The Morgan fingerprint density at radius 2 is 2.21 bits per heavy atom.